The van der Waals surface area contributed by atoms with E-state index in [1.807, 2.05) is 19.9 Å². The lowest BCUT2D eigenvalue weighted by atomic mass is 10.00. The molecule has 136 valence electrons. The van der Waals surface area contributed by atoms with Gasteiger partial charge in [-0.25, -0.2) is 9.78 Å². The number of primary amides is 1. The van der Waals surface area contributed by atoms with Crippen molar-refractivity contribution in [3.05, 3.63) is 16.2 Å². The second-order valence-corrected chi connectivity index (χ2v) is 6.32. The van der Waals surface area contributed by atoms with Crippen LogP contribution >= 0.6 is 15.9 Å². The minimum atomic E-state index is -0.790. The number of amides is 1. The van der Waals surface area contributed by atoms with Crippen molar-refractivity contribution in [1.29, 1.82) is 0 Å². The lowest BCUT2D eigenvalue weighted by Crippen LogP contribution is -2.29. The Bertz CT molecular complexity index is 539. The van der Waals surface area contributed by atoms with E-state index in [0.29, 0.717) is 35.9 Å². The highest BCUT2D eigenvalue weighted by atomic mass is 79.9. The molecule has 1 rings (SSSR count). The first-order chi connectivity index (χ1) is 11.4. The summed E-state index contributed by atoms with van der Waals surface area (Å²) in [6.45, 7) is 5.01. The standard InChI is InChI=1S/C16H25BrN2O5/c1-10(2)12(24-16(18)20)8-11-9-13(23-7-5-6-21-3)15(22-4)19-14(11)17/h9-10,12H,5-8H2,1-4H3,(H2,18,20)/t12-/m0/s1. The van der Waals surface area contributed by atoms with Crippen molar-refractivity contribution in [1.82, 2.24) is 4.98 Å². The molecule has 0 spiro atoms. The summed E-state index contributed by atoms with van der Waals surface area (Å²) in [6.07, 6.45) is 0.0783. The van der Waals surface area contributed by atoms with Crippen LogP contribution in [0.1, 0.15) is 25.8 Å². The molecule has 7 nitrogen and oxygen atoms in total. The molecule has 0 aromatic carbocycles. The summed E-state index contributed by atoms with van der Waals surface area (Å²) < 4.78 is 21.8. The minimum absolute atomic E-state index is 0.109. The lowest BCUT2D eigenvalue weighted by molar-refractivity contribution is 0.0785. The Kier molecular flexibility index (Phi) is 8.84. The molecule has 1 aromatic heterocycles. The summed E-state index contributed by atoms with van der Waals surface area (Å²) in [5.74, 6) is 1.03. The Hall–Kier alpha value is -1.54. The average Bonchev–Trinajstić information content (AvgIpc) is 2.52. The Morgan fingerprint density at radius 2 is 2.04 bits per heavy atom. The number of pyridine rings is 1. The van der Waals surface area contributed by atoms with Crippen LogP contribution in [-0.4, -0.2) is 44.6 Å². The normalized spacial score (nSPS) is 12.1. The van der Waals surface area contributed by atoms with Crippen LogP contribution in [0.4, 0.5) is 4.79 Å². The van der Waals surface area contributed by atoms with Gasteiger partial charge in [0.1, 0.15) is 10.7 Å². The molecule has 2 N–H and O–H groups in total. The van der Waals surface area contributed by atoms with E-state index < -0.39 is 6.09 Å². The molecule has 0 saturated carbocycles. The molecule has 0 saturated heterocycles. The predicted octanol–water partition coefficient (Wildman–Crippen LogP) is 2.93. The van der Waals surface area contributed by atoms with Crippen LogP contribution in [-0.2, 0) is 15.9 Å². The van der Waals surface area contributed by atoms with Crippen molar-refractivity contribution in [2.75, 3.05) is 27.4 Å². The predicted molar refractivity (Wildman–Crippen MR) is 93.5 cm³/mol. The van der Waals surface area contributed by atoms with Crippen molar-refractivity contribution in [2.45, 2.75) is 32.8 Å². The fourth-order valence-corrected chi connectivity index (χ4v) is 2.49. The fraction of sp³-hybridized carbons (Fsp3) is 0.625. The first kappa shape index (κ1) is 20.5. The number of hydrogen-bond acceptors (Lipinski definition) is 6. The van der Waals surface area contributed by atoms with Crippen LogP contribution in [0.15, 0.2) is 10.7 Å². The summed E-state index contributed by atoms with van der Waals surface area (Å²) in [6, 6.07) is 1.84. The SMILES string of the molecule is COCCCOc1cc(C[C@H](OC(N)=O)C(C)C)c(Br)nc1OC. The molecule has 0 radical (unpaired) electrons. The van der Waals surface area contributed by atoms with Crippen molar-refractivity contribution in [3.63, 3.8) is 0 Å². The van der Waals surface area contributed by atoms with Gasteiger partial charge in [0.15, 0.2) is 5.75 Å². The molecular formula is C16H25BrN2O5. The summed E-state index contributed by atoms with van der Waals surface area (Å²) in [7, 11) is 3.17. The van der Waals surface area contributed by atoms with Gasteiger partial charge < -0.3 is 24.7 Å². The Morgan fingerprint density at radius 1 is 1.33 bits per heavy atom. The quantitative estimate of drug-likeness (QED) is 0.475. The molecule has 0 unspecified atom stereocenters. The number of carbonyl (C=O) groups is 1. The zero-order valence-corrected chi connectivity index (χ0v) is 16.1. The molecule has 0 aliphatic heterocycles. The van der Waals surface area contributed by atoms with Gasteiger partial charge in [0.05, 0.1) is 13.7 Å². The maximum atomic E-state index is 11.1. The number of halogens is 1. The van der Waals surface area contributed by atoms with Crippen LogP contribution < -0.4 is 15.2 Å². The maximum Gasteiger partial charge on any atom is 0.404 e. The number of nitrogens with zero attached hydrogens (tertiary/aromatic N) is 1. The highest BCUT2D eigenvalue weighted by Crippen LogP contribution is 2.31. The molecule has 0 fully saturated rings. The number of nitrogens with two attached hydrogens (primary N) is 1. The number of ether oxygens (including phenoxy) is 4. The molecule has 1 atom stereocenters. The third-order valence-corrected chi connectivity index (χ3v) is 4.04. The van der Waals surface area contributed by atoms with Gasteiger partial charge in [-0.2, -0.15) is 0 Å². The summed E-state index contributed by atoms with van der Waals surface area (Å²) in [5.41, 5.74) is 5.99. The van der Waals surface area contributed by atoms with Crippen LogP contribution in [0.25, 0.3) is 0 Å². The topological polar surface area (TPSA) is 92.9 Å². The number of carbonyl (C=O) groups excluding carboxylic acids is 1. The third kappa shape index (κ3) is 6.52. The van der Waals surface area contributed by atoms with Crippen molar-refractivity contribution in [3.8, 4) is 11.6 Å². The molecule has 0 aliphatic carbocycles. The van der Waals surface area contributed by atoms with Crippen LogP contribution in [0.5, 0.6) is 11.6 Å². The Labute approximate surface area is 150 Å². The lowest BCUT2D eigenvalue weighted by Gasteiger charge is -2.21. The monoisotopic (exact) mass is 404 g/mol. The largest absolute Gasteiger partial charge is 0.488 e. The van der Waals surface area contributed by atoms with E-state index >= 15 is 0 Å². The van der Waals surface area contributed by atoms with Crippen LogP contribution in [0.2, 0.25) is 0 Å². The molecule has 1 amide bonds. The molecule has 24 heavy (non-hydrogen) atoms. The van der Waals surface area contributed by atoms with Gasteiger partial charge in [-0.3, -0.25) is 0 Å². The summed E-state index contributed by atoms with van der Waals surface area (Å²) >= 11 is 3.42. The highest BCUT2D eigenvalue weighted by Gasteiger charge is 2.21. The van der Waals surface area contributed by atoms with Crippen molar-refractivity contribution in [2.24, 2.45) is 11.7 Å². The van der Waals surface area contributed by atoms with E-state index in [-0.39, 0.29) is 12.0 Å². The third-order valence-electron chi connectivity index (χ3n) is 3.36. The first-order valence-corrected chi connectivity index (χ1v) is 8.49. The minimum Gasteiger partial charge on any atom is -0.488 e. The molecule has 1 heterocycles. The van der Waals surface area contributed by atoms with E-state index in [4.69, 9.17) is 24.7 Å². The molecule has 8 heteroatoms. The molecular weight excluding hydrogens is 380 g/mol. The van der Waals surface area contributed by atoms with E-state index in [1.54, 1.807) is 7.11 Å². The second kappa shape index (κ2) is 10.4. The van der Waals surface area contributed by atoms with E-state index in [1.165, 1.54) is 7.11 Å². The fourth-order valence-electron chi connectivity index (χ4n) is 2.05. The summed E-state index contributed by atoms with van der Waals surface area (Å²) in [4.78, 5) is 15.4. The Morgan fingerprint density at radius 3 is 2.58 bits per heavy atom. The van der Waals surface area contributed by atoms with Crippen molar-refractivity contribution >= 4 is 22.0 Å². The van der Waals surface area contributed by atoms with Gasteiger partial charge >= 0.3 is 6.09 Å². The zero-order chi connectivity index (χ0) is 18.1. The van der Waals surface area contributed by atoms with Gasteiger partial charge in [0.25, 0.3) is 5.88 Å². The highest BCUT2D eigenvalue weighted by molar-refractivity contribution is 9.10. The second-order valence-electron chi connectivity index (χ2n) is 5.56. The van der Waals surface area contributed by atoms with Gasteiger partial charge in [-0.1, -0.05) is 13.8 Å². The zero-order valence-electron chi connectivity index (χ0n) is 14.5. The van der Waals surface area contributed by atoms with E-state index in [0.717, 1.165) is 12.0 Å². The number of aromatic nitrogens is 1. The average molecular weight is 405 g/mol. The van der Waals surface area contributed by atoms with Crippen LogP contribution in [0, 0.1) is 5.92 Å². The van der Waals surface area contributed by atoms with E-state index in [9.17, 15) is 4.79 Å². The van der Waals surface area contributed by atoms with Gasteiger partial charge in [0.2, 0.25) is 0 Å². The number of rotatable bonds is 10. The van der Waals surface area contributed by atoms with Crippen molar-refractivity contribution < 1.29 is 23.7 Å². The van der Waals surface area contributed by atoms with E-state index in [2.05, 4.69) is 20.9 Å². The van der Waals surface area contributed by atoms with Gasteiger partial charge in [0, 0.05) is 26.6 Å². The van der Waals surface area contributed by atoms with Crippen LogP contribution in [0.3, 0.4) is 0 Å². The first-order valence-electron chi connectivity index (χ1n) is 7.70. The molecule has 1 aromatic rings. The number of hydrogen-bond donors (Lipinski definition) is 1. The maximum absolute atomic E-state index is 11.1. The number of methoxy groups -OCH3 is 2. The van der Waals surface area contributed by atoms with Gasteiger partial charge in [-0.05, 0) is 33.5 Å². The summed E-state index contributed by atoms with van der Waals surface area (Å²) in [5, 5.41) is 0. The Balaban J connectivity index is 2.94. The smallest absolute Gasteiger partial charge is 0.404 e. The molecule has 0 bridgehead atoms. The molecule has 0 aliphatic rings. The van der Waals surface area contributed by atoms with Gasteiger partial charge in [-0.15, -0.1) is 0 Å².